The number of aliphatic carboxylic acids is 1. The third-order valence-electron chi connectivity index (χ3n) is 1.79. The van der Waals surface area contributed by atoms with E-state index in [1.807, 2.05) is 6.92 Å². The number of carboxylic acid groups (broad SMARTS) is 1. The van der Waals surface area contributed by atoms with E-state index in [1.54, 1.807) is 5.38 Å². The SMILES string of the molecule is Cc1sc(-c2csnn2)nc1CC(=O)O. The predicted octanol–water partition coefficient (Wildman–Crippen LogP) is 1.60. The van der Waals surface area contributed by atoms with Gasteiger partial charge >= 0.3 is 5.97 Å². The average molecular weight is 241 g/mol. The van der Waals surface area contributed by atoms with Crippen molar-refractivity contribution in [2.24, 2.45) is 0 Å². The fourth-order valence-corrected chi connectivity index (χ4v) is 2.50. The largest absolute Gasteiger partial charge is 0.481 e. The van der Waals surface area contributed by atoms with Crippen LogP contribution in [0, 0.1) is 6.92 Å². The van der Waals surface area contributed by atoms with Crippen molar-refractivity contribution in [3.8, 4) is 10.7 Å². The quantitative estimate of drug-likeness (QED) is 0.883. The van der Waals surface area contributed by atoms with Gasteiger partial charge in [0.15, 0.2) is 0 Å². The maximum Gasteiger partial charge on any atom is 0.309 e. The number of carboxylic acids is 1. The lowest BCUT2D eigenvalue weighted by atomic mass is 10.3. The first-order chi connectivity index (χ1) is 7.16. The van der Waals surface area contributed by atoms with E-state index < -0.39 is 5.97 Å². The maximum absolute atomic E-state index is 10.6. The molecule has 2 heterocycles. The zero-order chi connectivity index (χ0) is 10.8. The van der Waals surface area contributed by atoms with Crippen LogP contribution in [0.1, 0.15) is 10.6 Å². The molecule has 0 amide bonds. The molecule has 15 heavy (non-hydrogen) atoms. The molecular formula is C8H7N3O2S2. The third-order valence-corrected chi connectivity index (χ3v) is 3.33. The molecule has 0 aliphatic rings. The number of carbonyl (C=O) groups is 1. The highest BCUT2D eigenvalue weighted by molar-refractivity contribution is 7.15. The van der Waals surface area contributed by atoms with E-state index in [0.717, 1.165) is 9.88 Å². The minimum Gasteiger partial charge on any atom is -0.481 e. The Labute approximate surface area is 93.6 Å². The monoisotopic (exact) mass is 241 g/mol. The van der Waals surface area contributed by atoms with E-state index in [0.29, 0.717) is 11.4 Å². The lowest BCUT2D eigenvalue weighted by molar-refractivity contribution is -0.136. The fourth-order valence-electron chi connectivity index (χ4n) is 1.10. The van der Waals surface area contributed by atoms with Crippen LogP contribution in [0.3, 0.4) is 0 Å². The molecule has 0 spiro atoms. The van der Waals surface area contributed by atoms with Crippen LogP contribution in [0.15, 0.2) is 5.38 Å². The lowest BCUT2D eigenvalue weighted by Gasteiger charge is -1.90. The van der Waals surface area contributed by atoms with Gasteiger partial charge in [-0.2, -0.15) is 0 Å². The van der Waals surface area contributed by atoms with Crippen molar-refractivity contribution in [2.45, 2.75) is 13.3 Å². The summed E-state index contributed by atoms with van der Waals surface area (Å²) in [5, 5.41) is 15.1. The van der Waals surface area contributed by atoms with E-state index in [1.165, 1.54) is 22.9 Å². The fraction of sp³-hybridized carbons (Fsp3) is 0.250. The second-order valence-corrected chi connectivity index (χ2v) is 4.70. The van der Waals surface area contributed by atoms with E-state index in [9.17, 15) is 4.79 Å². The summed E-state index contributed by atoms with van der Waals surface area (Å²) in [6.45, 7) is 1.86. The first kappa shape index (κ1) is 10.2. The summed E-state index contributed by atoms with van der Waals surface area (Å²) in [5.41, 5.74) is 1.32. The van der Waals surface area contributed by atoms with Crippen molar-refractivity contribution < 1.29 is 9.90 Å². The lowest BCUT2D eigenvalue weighted by Crippen LogP contribution is -2.01. The molecule has 1 N–H and O–H groups in total. The summed E-state index contributed by atoms with van der Waals surface area (Å²) in [6.07, 6.45) is -0.0418. The molecule has 0 unspecified atom stereocenters. The van der Waals surface area contributed by atoms with Crippen LogP contribution in [-0.2, 0) is 11.2 Å². The first-order valence-electron chi connectivity index (χ1n) is 4.12. The van der Waals surface area contributed by atoms with E-state index >= 15 is 0 Å². The maximum atomic E-state index is 10.6. The molecule has 0 aliphatic heterocycles. The third kappa shape index (κ3) is 2.18. The van der Waals surface area contributed by atoms with Gasteiger partial charge in [0.2, 0.25) is 0 Å². The molecule has 78 valence electrons. The molecule has 0 radical (unpaired) electrons. The smallest absolute Gasteiger partial charge is 0.309 e. The molecular weight excluding hydrogens is 234 g/mol. The first-order valence-corrected chi connectivity index (χ1v) is 5.77. The van der Waals surface area contributed by atoms with E-state index in [-0.39, 0.29) is 6.42 Å². The molecule has 0 atom stereocenters. The van der Waals surface area contributed by atoms with Crippen LogP contribution in [-0.4, -0.2) is 25.6 Å². The molecule has 0 saturated heterocycles. The summed E-state index contributed by atoms with van der Waals surface area (Å²) in [7, 11) is 0. The summed E-state index contributed by atoms with van der Waals surface area (Å²) in [6, 6.07) is 0. The Morgan fingerprint density at radius 2 is 2.40 bits per heavy atom. The molecule has 2 rings (SSSR count). The summed E-state index contributed by atoms with van der Waals surface area (Å²) >= 11 is 2.70. The van der Waals surface area contributed by atoms with Gasteiger partial charge in [-0.25, -0.2) is 4.98 Å². The van der Waals surface area contributed by atoms with Crippen LogP contribution in [0.4, 0.5) is 0 Å². The summed E-state index contributed by atoms with van der Waals surface area (Å²) in [5.74, 6) is -0.869. The van der Waals surface area contributed by atoms with Crippen molar-refractivity contribution in [2.75, 3.05) is 0 Å². The van der Waals surface area contributed by atoms with Gasteiger partial charge in [-0.05, 0) is 18.5 Å². The highest BCUT2D eigenvalue weighted by Crippen LogP contribution is 2.26. The van der Waals surface area contributed by atoms with Crippen LogP contribution in [0.5, 0.6) is 0 Å². The minimum absolute atomic E-state index is 0.0418. The van der Waals surface area contributed by atoms with Crippen molar-refractivity contribution >= 4 is 28.8 Å². The summed E-state index contributed by atoms with van der Waals surface area (Å²) < 4.78 is 3.74. The Balaban J connectivity index is 2.33. The number of rotatable bonds is 3. The normalized spacial score (nSPS) is 10.5. The van der Waals surface area contributed by atoms with Crippen LogP contribution < -0.4 is 0 Å². The van der Waals surface area contributed by atoms with Gasteiger partial charge < -0.3 is 5.11 Å². The zero-order valence-corrected chi connectivity index (χ0v) is 9.43. The Bertz CT molecular complexity index is 478. The number of nitrogens with zero attached hydrogens (tertiary/aromatic N) is 3. The molecule has 0 aliphatic carbocycles. The number of thiazole rings is 1. The van der Waals surface area contributed by atoms with Crippen molar-refractivity contribution in [1.82, 2.24) is 14.6 Å². The van der Waals surface area contributed by atoms with E-state index in [2.05, 4.69) is 14.6 Å². The number of hydrogen-bond donors (Lipinski definition) is 1. The van der Waals surface area contributed by atoms with Crippen LogP contribution in [0.25, 0.3) is 10.7 Å². The average Bonchev–Trinajstić information content (AvgIpc) is 2.75. The molecule has 2 aromatic rings. The highest BCUT2D eigenvalue weighted by atomic mass is 32.1. The molecule has 2 aromatic heterocycles. The second kappa shape index (κ2) is 4.03. The Kier molecular flexibility index (Phi) is 2.74. The topological polar surface area (TPSA) is 76.0 Å². The van der Waals surface area contributed by atoms with Gasteiger partial charge in [-0.1, -0.05) is 4.49 Å². The molecule has 0 saturated carbocycles. The summed E-state index contributed by atoms with van der Waals surface area (Å²) in [4.78, 5) is 15.7. The predicted molar refractivity (Wildman–Crippen MR) is 57.1 cm³/mol. The standard InChI is InChI=1S/C8H7N3O2S2/c1-4-5(2-7(12)13)9-8(15-4)6-3-14-11-10-6/h3H,2H2,1H3,(H,12,13). The Morgan fingerprint density at radius 1 is 1.60 bits per heavy atom. The van der Waals surface area contributed by atoms with Crippen molar-refractivity contribution in [3.63, 3.8) is 0 Å². The second-order valence-electron chi connectivity index (χ2n) is 2.88. The van der Waals surface area contributed by atoms with Crippen LogP contribution in [0.2, 0.25) is 0 Å². The zero-order valence-electron chi connectivity index (χ0n) is 7.80. The van der Waals surface area contributed by atoms with Crippen molar-refractivity contribution in [1.29, 1.82) is 0 Å². The highest BCUT2D eigenvalue weighted by Gasteiger charge is 2.13. The van der Waals surface area contributed by atoms with Gasteiger partial charge in [-0.3, -0.25) is 4.79 Å². The number of hydrogen-bond acceptors (Lipinski definition) is 6. The van der Waals surface area contributed by atoms with Gasteiger partial charge in [0.1, 0.15) is 10.7 Å². The van der Waals surface area contributed by atoms with Gasteiger partial charge in [0.25, 0.3) is 0 Å². The number of aromatic nitrogens is 3. The molecule has 0 aromatic carbocycles. The Hall–Kier alpha value is -1.34. The molecule has 0 bridgehead atoms. The van der Waals surface area contributed by atoms with Crippen LogP contribution >= 0.6 is 22.9 Å². The van der Waals surface area contributed by atoms with E-state index in [4.69, 9.17) is 5.11 Å². The Morgan fingerprint density at radius 3 is 3.00 bits per heavy atom. The molecule has 0 fully saturated rings. The molecule has 5 nitrogen and oxygen atoms in total. The molecule has 7 heteroatoms. The van der Waals surface area contributed by atoms with Gasteiger partial charge in [0.05, 0.1) is 12.1 Å². The van der Waals surface area contributed by atoms with Gasteiger partial charge in [0, 0.05) is 10.3 Å². The number of aryl methyl sites for hydroxylation is 1. The minimum atomic E-state index is -0.869. The van der Waals surface area contributed by atoms with Crippen molar-refractivity contribution in [3.05, 3.63) is 16.0 Å². The van der Waals surface area contributed by atoms with Gasteiger partial charge in [-0.15, -0.1) is 16.4 Å².